The molecule has 0 radical (unpaired) electrons. The van der Waals surface area contributed by atoms with Gasteiger partial charge in [0.05, 0.1) is 6.54 Å². The number of fused-ring (bicyclic) bond motifs is 2. The van der Waals surface area contributed by atoms with Gasteiger partial charge in [-0.15, -0.1) is 0 Å². The maximum absolute atomic E-state index is 13.0. The summed E-state index contributed by atoms with van der Waals surface area (Å²) in [5.74, 6) is 0.240. The van der Waals surface area contributed by atoms with E-state index in [4.69, 9.17) is 9.47 Å². The first-order valence-corrected chi connectivity index (χ1v) is 9.56. The summed E-state index contributed by atoms with van der Waals surface area (Å²) < 4.78 is 11.2. The van der Waals surface area contributed by atoms with Crippen molar-refractivity contribution in [3.05, 3.63) is 65.2 Å². The number of benzene rings is 2. The van der Waals surface area contributed by atoms with E-state index in [1.54, 1.807) is 0 Å². The van der Waals surface area contributed by atoms with Crippen molar-refractivity contribution >= 4 is 12.0 Å². The van der Waals surface area contributed by atoms with Crippen molar-refractivity contribution in [1.82, 2.24) is 4.90 Å². The fourth-order valence-corrected chi connectivity index (χ4v) is 3.92. The van der Waals surface area contributed by atoms with Crippen molar-refractivity contribution in [3.63, 3.8) is 0 Å². The van der Waals surface area contributed by atoms with Crippen LogP contribution in [0.15, 0.2) is 48.5 Å². The Balaban J connectivity index is 1.42. The Bertz CT molecular complexity index is 911. The van der Waals surface area contributed by atoms with Gasteiger partial charge in [0.25, 0.3) is 5.91 Å². The lowest BCUT2D eigenvalue weighted by atomic mass is 9.95. The third-order valence-electron chi connectivity index (χ3n) is 5.41. The van der Waals surface area contributed by atoms with Gasteiger partial charge in [-0.1, -0.05) is 43.3 Å². The van der Waals surface area contributed by atoms with Crippen molar-refractivity contribution in [2.24, 2.45) is 0 Å². The smallest absolute Gasteiger partial charge is 0.418 e. The van der Waals surface area contributed by atoms with Crippen molar-refractivity contribution in [3.8, 4) is 5.75 Å². The van der Waals surface area contributed by atoms with Crippen LogP contribution in [0.5, 0.6) is 5.75 Å². The molecular formula is C22H23NO5. The number of aliphatic hydroxyl groups excluding tert-OH is 1. The van der Waals surface area contributed by atoms with Crippen LogP contribution >= 0.6 is 0 Å². The molecule has 2 aromatic rings. The molecule has 0 bridgehead atoms. The van der Waals surface area contributed by atoms with Gasteiger partial charge in [0.1, 0.15) is 18.5 Å². The van der Waals surface area contributed by atoms with E-state index in [-0.39, 0.29) is 13.2 Å². The Morgan fingerprint density at radius 2 is 2.04 bits per heavy atom. The molecule has 2 aromatic carbocycles. The highest BCUT2D eigenvalue weighted by Crippen LogP contribution is 2.45. The normalized spacial score (nSPS) is 21.7. The molecule has 1 fully saturated rings. The Labute approximate surface area is 163 Å². The Hall–Kier alpha value is -2.86. The van der Waals surface area contributed by atoms with Crippen LogP contribution in [0, 0.1) is 0 Å². The molecule has 2 atom stereocenters. The fourth-order valence-electron chi connectivity index (χ4n) is 3.92. The van der Waals surface area contributed by atoms with Crippen LogP contribution in [-0.2, 0) is 28.0 Å². The summed E-state index contributed by atoms with van der Waals surface area (Å²) in [5.41, 5.74) is 1.65. The van der Waals surface area contributed by atoms with Crippen LogP contribution in [0.2, 0.25) is 0 Å². The number of ether oxygens (including phenoxy) is 2. The van der Waals surface area contributed by atoms with Gasteiger partial charge in [0, 0.05) is 12.0 Å². The van der Waals surface area contributed by atoms with Crippen molar-refractivity contribution < 1.29 is 24.2 Å². The number of aliphatic hydroxyl groups is 1. The molecule has 0 saturated carbocycles. The molecule has 1 spiro atoms. The summed E-state index contributed by atoms with van der Waals surface area (Å²) >= 11 is 0. The number of hydrogen-bond donors (Lipinski definition) is 1. The number of imide groups is 1. The molecule has 1 aliphatic carbocycles. The Kier molecular flexibility index (Phi) is 4.81. The standard InChI is InChI=1S/C22H23NO5/c1-2-15-6-5-8-18(12-15)27-14-17(24)13-23-20(25)22(28-21(23)26)11-10-16-7-3-4-9-19(16)22/h3-9,12,17,24H,2,10-11,13-14H2,1H3/t17-,22-/m0/s1. The summed E-state index contributed by atoms with van der Waals surface area (Å²) in [7, 11) is 0. The van der Waals surface area contributed by atoms with Crippen molar-refractivity contribution in [1.29, 1.82) is 0 Å². The number of carbonyl (C=O) groups excluding carboxylic acids is 2. The molecule has 2 amide bonds. The number of amides is 2. The number of nitrogens with zero attached hydrogens (tertiary/aromatic N) is 1. The first kappa shape index (κ1) is 18.5. The van der Waals surface area contributed by atoms with E-state index in [2.05, 4.69) is 6.92 Å². The highest BCUT2D eigenvalue weighted by Gasteiger charge is 2.58. The molecule has 6 heteroatoms. The van der Waals surface area contributed by atoms with Crippen LogP contribution in [0.4, 0.5) is 4.79 Å². The quantitative estimate of drug-likeness (QED) is 0.833. The minimum absolute atomic E-state index is 0.0200. The lowest BCUT2D eigenvalue weighted by molar-refractivity contribution is -0.138. The molecule has 2 aliphatic rings. The van der Waals surface area contributed by atoms with Crippen LogP contribution in [0.3, 0.4) is 0 Å². The SMILES string of the molecule is CCc1cccc(OC[C@@H](O)CN2C(=O)O[C@]3(CCc4ccccc43)C2=O)c1. The average molecular weight is 381 g/mol. The van der Waals surface area contributed by atoms with Crippen LogP contribution in [0.25, 0.3) is 0 Å². The topological polar surface area (TPSA) is 76.1 Å². The summed E-state index contributed by atoms with van der Waals surface area (Å²) in [6.07, 6.45) is 0.284. The van der Waals surface area contributed by atoms with Gasteiger partial charge in [-0.25, -0.2) is 9.69 Å². The fraction of sp³-hybridized carbons (Fsp3) is 0.364. The molecule has 4 rings (SSSR count). The van der Waals surface area contributed by atoms with E-state index in [9.17, 15) is 14.7 Å². The first-order valence-electron chi connectivity index (χ1n) is 9.56. The van der Waals surface area contributed by atoms with Crippen molar-refractivity contribution in [2.75, 3.05) is 13.2 Å². The van der Waals surface area contributed by atoms with E-state index in [1.165, 1.54) is 0 Å². The second-order valence-corrected chi connectivity index (χ2v) is 7.23. The maximum Gasteiger partial charge on any atom is 0.418 e. The van der Waals surface area contributed by atoms with Gasteiger partial charge < -0.3 is 14.6 Å². The monoisotopic (exact) mass is 381 g/mol. The Morgan fingerprint density at radius 3 is 2.86 bits per heavy atom. The predicted octanol–water partition coefficient (Wildman–Crippen LogP) is 2.81. The van der Waals surface area contributed by atoms with Gasteiger partial charge in [0.15, 0.2) is 0 Å². The molecule has 0 aromatic heterocycles. The second kappa shape index (κ2) is 7.28. The highest BCUT2D eigenvalue weighted by atomic mass is 16.6. The van der Waals surface area contributed by atoms with E-state index in [1.807, 2.05) is 48.5 Å². The zero-order chi connectivity index (χ0) is 19.7. The third kappa shape index (κ3) is 3.14. The van der Waals surface area contributed by atoms with E-state index in [0.29, 0.717) is 18.6 Å². The molecule has 28 heavy (non-hydrogen) atoms. The number of rotatable bonds is 6. The lowest BCUT2D eigenvalue weighted by Gasteiger charge is -2.21. The van der Waals surface area contributed by atoms with Gasteiger partial charge in [-0.2, -0.15) is 0 Å². The van der Waals surface area contributed by atoms with E-state index in [0.717, 1.165) is 28.0 Å². The summed E-state index contributed by atoms with van der Waals surface area (Å²) in [6, 6.07) is 15.1. The van der Waals surface area contributed by atoms with Crippen LogP contribution in [-0.4, -0.2) is 41.3 Å². The van der Waals surface area contributed by atoms with Gasteiger partial charge >= 0.3 is 6.09 Å². The Morgan fingerprint density at radius 1 is 1.21 bits per heavy atom. The van der Waals surface area contributed by atoms with Crippen LogP contribution < -0.4 is 4.74 Å². The first-order chi connectivity index (χ1) is 13.5. The lowest BCUT2D eigenvalue weighted by Crippen LogP contribution is -2.42. The highest BCUT2D eigenvalue weighted by molar-refractivity contribution is 6.04. The maximum atomic E-state index is 13.0. The molecule has 1 aliphatic heterocycles. The van der Waals surface area contributed by atoms with Gasteiger partial charge in [-0.05, 0) is 36.1 Å². The number of hydrogen-bond acceptors (Lipinski definition) is 5. The molecule has 146 valence electrons. The summed E-state index contributed by atoms with van der Waals surface area (Å²) in [5, 5.41) is 10.3. The zero-order valence-corrected chi connectivity index (χ0v) is 15.8. The summed E-state index contributed by atoms with van der Waals surface area (Å²) in [6.45, 7) is 1.87. The predicted molar refractivity (Wildman–Crippen MR) is 102 cm³/mol. The minimum Gasteiger partial charge on any atom is -0.491 e. The third-order valence-corrected chi connectivity index (χ3v) is 5.41. The van der Waals surface area contributed by atoms with Crippen molar-refractivity contribution in [2.45, 2.75) is 37.9 Å². The molecule has 0 unspecified atom stereocenters. The van der Waals surface area contributed by atoms with E-state index < -0.39 is 23.7 Å². The minimum atomic E-state index is -1.25. The number of β-amino-alcohol motifs (C(OH)–C–C–N with tert-alkyl or cyclic N) is 1. The average Bonchev–Trinajstić information content (AvgIpc) is 3.20. The molecule has 1 N–H and O–H groups in total. The zero-order valence-electron chi connectivity index (χ0n) is 15.8. The van der Waals surface area contributed by atoms with Gasteiger partial charge in [0.2, 0.25) is 5.60 Å². The molecule has 6 nitrogen and oxygen atoms in total. The molecule has 1 saturated heterocycles. The second-order valence-electron chi connectivity index (χ2n) is 7.23. The van der Waals surface area contributed by atoms with Crippen LogP contribution in [0.1, 0.15) is 30.0 Å². The molecule has 1 heterocycles. The largest absolute Gasteiger partial charge is 0.491 e. The number of aryl methyl sites for hydroxylation is 2. The van der Waals surface area contributed by atoms with E-state index >= 15 is 0 Å². The van der Waals surface area contributed by atoms with Gasteiger partial charge in [-0.3, -0.25) is 4.79 Å². The summed E-state index contributed by atoms with van der Waals surface area (Å²) in [4.78, 5) is 26.4. The molecular weight excluding hydrogens is 358 g/mol. The number of carbonyl (C=O) groups is 2.